The van der Waals surface area contributed by atoms with Gasteiger partial charge in [-0.3, -0.25) is 14.5 Å². The number of benzene rings is 1. The van der Waals surface area contributed by atoms with Gasteiger partial charge in [-0.2, -0.15) is 0 Å². The van der Waals surface area contributed by atoms with E-state index in [9.17, 15) is 14.0 Å². The van der Waals surface area contributed by atoms with Crippen molar-refractivity contribution >= 4 is 11.9 Å². The van der Waals surface area contributed by atoms with Crippen LogP contribution >= 0.6 is 0 Å². The Bertz CT molecular complexity index is 517. The molecular weight excluding hydrogens is 299 g/mol. The summed E-state index contributed by atoms with van der Waals surface area (Å²) >= 11 is 0. The number of esters is 1. The number of carbonyl (C=O) groups is 2. The highest BCUT2D eigenvalue weighted by Gasteiger charge is 2.19. The van der Waals surface area contributed by atoms with E-state index >= 15 is 0 Å². The van der Waals surface area contributed by atoms with Crippen LogP contribution in [0.5, 0.6) is 0 Å². The number of nitrogens with one attached hydrogen (secondary N) is 1. The van der Waals surface area contributed by atoms with Crippen molar-refractivity contribution in [1.29, 1.82) is 0 Å². The van der Waals surface area contributed by atoms with Crippen molar-refractivity contribution < 1.29 is 18.7 Å². The average molecular weight is 324 g/mol. The summed E-state index contributed by atoms with van der Waals surface area (Å²) in [5.41, 5.74) is 0.821. The Morgan fingerprint density at radius 1 is 1.17 bits per heavy atom. The standard InChI is InChI=1S/C17H25FN2O3/c1-5-23-17(22)11-20(12(2)3)10-16(21)19-13(4)14-6-8-15(18)9-7-14/h6-9,12-13H,5,10-11H2,1-4H3,(H,19,21)/t13-/m0/s1. The van der Waals surface area contributed by atoms with Crippen molar-refractivity contribution in [3.8, 4) is 0 Å². The van der Waals surface area contributed by atoms with E-state index in [2.05, 4.69) is 5.32 Å². The molecule has 6 heteroatoms. The highest BCUT2D eigenvalue weighted by Crippen LogP contribution is 2.12. The molecule has 1 aromatic carbocycles. The van der Waals surface area contributed by atoms with Gasteiger partial charge in [0.25, 0.3) is 0 Å². The molecule has 0 spiro atoms. The highest BCUT2D eigenvalue weighted by atomic mass is 19.1. The van der Waals surface area contributed by atoms with Gasteiger partial charge in [0.2, 0.25) is 5.91 Å². The van der Waals surface area contributed by atoms with Gasteiger partial charge in [-0.15, -0.1) is 0 Å². The van der Waals surface area contributed by atoms with E-state index in [1.54, 1.807) is 24.0 Å². The van der Waals surface area contributed by atoms with Crippen molar-refractivity contribution in [2.24, 2.45) is 0 Å². The first-order valence-corrected chi connectivity index (χ1v) is 7.78. The Morgan fingerprint density at radius 3 is 2.30 bits per heavy atom. The molecule has 0 fully saturated rings. The maximum Gasteiger partial charge on any atom is 0.320 e. The minimum atomic E-state index is -0.347. The Hall–Kier alpha value is -1.95. The Labute approximate surface area is 136 Å². The molecule has 1 N–H and O–H groups in total. The van der Waals surface area contributed by atoms with Crippen molar-refractivity contribution in [3.63, 3.8) is 0 Å². The molecule has 1 amide bonds. The van der Waals surface area contributed by atoms with E-state index in [-0.39, 0.29) is 42.9 Å². The van der Waals surface area contributed by atoms with E-state index in [4.69, 9.17) is 4.74 Å². The lowest BCUT2D eigenvalue weighted by atomic mass is 10.1. The second-order valence-electron chi connectivity index (χ2n) is 5.64. The minimum Gasteiger partial charge on any atom is -0.465 e. The van der Waals surface area contributed by atoms with Gasteiger partial charge in [-0.1, -0.05) is 12.1 Å². The second kappa shape index (κ2) is 9.25. The van der Waals surface area contributed by atoms with E-state index in [1.807, 2.05) is 20.8 Å². The molecule has 1 rings (SSSR count). The SMILES string of the molecule is CCOC(=O)CN(CC(=O)N[C@@H](C)c1ccc(F)cc1)C(C)C. The van der Waals surface area contributed by atoms with Crippen LogP contribution in [-0.4, -0.2) is 42.5 Å². The number of rotatable bonds is 8. The van der Waals surface area contributed by atoms with Crippen LogP contribution in [0.1, 0.15) is 39.3 Å². The highest BCUT2D eigenvalue weighted by molar-refractivity contribution is 5.79. The molecule has 0 aliphatic heterocycles. The molecule has 0 saturated heterocycles. The molecule has 0 aliphatic carbocycles. The van der Waals surface area contributed by atoms with Gasteiger partial charge in [0.15, 0.2) is 0 Å². The van der Waals surface area contributed by atoms with E-state index in [0.717, 1.165) is 5.56 Å². The number of halogens is 1. The first kappa shape index (κ1) is 19.1. The van der Waals surface area contributed by atoms with Crippen LogP contribution in [0.3, 0.4) is 0 Å². The minimum absolute atomic E-state index is 0.0336. The molecule has 1 aromatic rings. The first-order chi connectivity index (χ1) is 10.8. The van der Waals surface area contributed by atoms with Crippen LogP contribution in [0.25, 0.3) is 0 Å². The largest absolute Gasteiger partial charge is 0.465 e. The third-order valence-corrected chi connectivity index (χ3v) is 3.46. The van der Waals surface area contributed by atoms with Crippen LogP contribution < -0.4 is 5.32 Å². The first-order valence-electron chi connectivity index (χ1n) is 7.78. The Kier molecular flexibility index (Phi) is 7.68. The van der Waals surface area contributed by atoms with Gasteiger partial charge in [0, 0.05) is 6.04 Å². The zero-order chi connectivity index (χ0) is 17.4. The van der Waals surface area contributed by atoms with Gasteiger partial charge in [0.1, 0.15) is 5.82 Å². The van der Waals surface area contributed by atoms with E-state index in [1.165, 1.54) is 12.1 Å². The third kappa shape index (κ3) is 6.78. The summed E-state index contributed by atoms with van der Waals surface area (Å²) in [7, 11) is 0. The van der Waals surface area contributed by atoms with Crippen molar-refractivity contribution in [1.82, 2.24) is 10.2 Å². The van der Waals surface area contributed by atoms with Crippen molar-refractivity contribution in [3.05, 3.63) is 35.6 Å². The number of ether oxygens (including phenoxy) is 1. The molecule has 1 atom stereocenters. The van der Waals surface area contributed by atoms with Crippen molar-refractivity contribution in [2.75, 3.05) is 19.7 Å². The number of nitrogens with zero attached hydrogens (tertiary/aromatic N) is 1. The monoisotopic (exact) mass is 324 g/mol. The maximum atomic E-state index is 12.9. The number of carbonyl (C=O) groups excluding carboxylic acids is 2. The Morgan fingerprint density at radius 2 is 1.78 bits per heavy atom. The average Bonchev–Trinajstić information content (AvgIpc) is 2.47. The van der Waals surface area contributed by atoms with E-state index < -0.39 is 0 Å². The summed E-state index contributed by atoms with van der Waals surface area (Å²) in [4.78, 5) is 25.5. The van der Waals surface area contributed by atoms with Gasteiger partial charge in [0.05, 0.1) is 25.7 Å². The van der Waals surface area contributed by atoms with Crippen LogP contribution in [0.4, 0.5) is 4.39 Å². The summed E-state index contributed by atoms with van der Waals surface area (Å²) in [5.74, 6) is -0.854. The van der Waals surface area contributed by atoms with Gasteiger partial charge in [-0.25, -0.2) is 4.39 Å². The molecule has 0 radical (unpaired) electrons. The number of amides is 1. The fourth-order valence-corrected chi connectivity index (χ4v) is 2.10. The lowest BCUT2D eigenvalue weighted by molar-refractivity contribution is -0.145. The van der Waals surface area contributed by atoms with Crippen LogP contribution in [0.2, 0.25) is 0 Å². The molecule has 0 aromatic heterocycles. The second-order valence-corrected chi connectivity index (χ2v) is 5.64. The number of hydrogen-bond acceptors (Lipinski definition) is 4. The van der Waals surface area contributed by atoms with Gasteiger partial charge >= 0.3 is 5.97 Å². The Balaban J connectivity index is 2.57. The maximum absolute atomic E-state index is 12.9. The topological polar surface area (TPSA) is 58.6 Å². The molecule has 0 saturated carbocycles. The fourth-order valence-electron chi connectivity index (χ4n) is 2.10. The zero-order valence-electron chi connectivity index (χ0n) is 14.1. The number of hydrogen-bond donors (Lipinski definition) is 1. The summed E-state index contributed by atoms with van der Waals surface area (Å²) in [6.45, 7) is 7.89. The lowest BCUT2D eigenvalue weighted by Gasteiger charge is -2.25. The predicted molar refractivity (Wildman–Crippen MR) is 86.3 cm³/mol. The molecule has 0 heterocycles. The normalized spacial score (nSPS) is 12.3. The van der Waals surface area contributed by atoms with Crippen molar-refractivity contribution in [2.45, 2.75) is 39.8 Å². The molecule has 128 valence electrons. The van der Waals surface area contributed by atoms with Crippen LogP contribution in [0.15, 0.2) is 24.3 Å². The molecule has 0 bridgehead atoms. The molecular formula is C17H25FN2O3. The predicted octanol–water partition coefficient (Wildman–Crippen LogP) is 2.28. The van der Waals surface area contributed by atoms with E-state index in [0.29, 0.717) is 6.61 Å². The third-order valence-electron chi connectivity index (χ3n) is 3.46. The quantitative estimate of drug-likeness (QED) is 0.745. The molecule has 0 unspecified atom stereocenters. The summed E-state index contributed by atoms with van der Waals surface area (Å²) in [6, 6.07) is 5.79. The van der Waals surface area contributed by atoms with Gasteiger partial charge < -0.3 is 10.1 Å². The smallest absolute Gasteiger partial charge is 0.320 e. The summed E-state index contributed by atoms with van der Waals surface area (Å²) < 4.78 is 17.8. The fraction of sp³-hybridized carbons (Fsp3) is 0.529. The van der Waals surface area contributed by atoms with Gasteiger partial charge in [-0.05, 0) is 45.4 Å². The summed E-state index contributed by atoms with van der Waals surface area (Å²) in [6.07, 6.45) is 0. The summed E-state index contributed by atoms with van der Waals surface area (Å²) in [5, 5.41) is 2.85. The lowest BCUT2D eigenvalue weighted by Crippen LogP contribution is -2.44. The van der Waals surface area contributed by atoms with Crippen LogP contribution in [-0.2, 0) is 14.3 Å². The van der Waals surface area contributed by atoms with Crippen LogP contribution in [0, 0.1) is 5.82 Å². The molecule has 0 aliphatic rings. The zero-order valence-corrected chi connectivity index (χ0v) is 14.1. The molecule has 23 heavy (non-hydrogen) atoms. The molecule has 5 nitrogen and oxygen atoms in total.